The standard InChI is InChI=1S/C23H24ClF3N2O2S/c1-21(2,12-22(30,23(25,26)27)8-14-4-6-32-11-14)18-19(24)17(16-9-28-13-29-10-16)7-15-3-5-31-20(15)18/h4,6-7,9-10,13-14,30H,3,5,8,11-12H2,1-2H3. The molecule has 172 valence electrons. The fourth-order valence-corrected chi connectivity index (χ4v) is 6.06. The minimum absolute atomic E-state index is 0.297. The Labute approximate surface area is 194 Å². The van der Waals surface area contributed by atoms with E-state index in [2.05, 4.69) is 9.97 Å². The van der Waals surface area contributed by atoms with Crippen LogP contribution in [0.3, 0.4) is 0 Å². The van der Waals surface area contributed by atoms with Gasteiger partial charge in [0.25, 0.3) is 0 Å². The van der Waals surface area contributed by atoms with Gasteiger partial charge in [0, 0.05) is 41.3 Å². The Morgan fingerprint density at radius 3 is 2.59 bits per heavy atom. The lowest BCUT2D eigenvalue weighted by Crippen LogP contribution is -2.50. The Morgan fingerprint density at radius 1 is 1.25 bits per heavy atom. The highest BCUT2D eigenvalue weighted by Crippen LogP contribution is 2.52. The normalized spacial score (nSPS) is 20.2. The summed E-state index contributed by atoms with van der Waals surface area (Å²) in [7, 11) is 0. The zero-order valence-corrected chi connectivity index (χ0v) is 19.3. The third-order valence-electron chi connectivity index (χ3n) is 6.08. The van der Waals surface area contributed by atoms with Crippen molar-refractivity contribution in [2.24, 2.45) is 5.92 Å². The number of aromatic nitrogens is 2. The molecule has 32 heavy (non-hydrogen) atoms. The summed E-state index contributed by atoms with van der Waals surface area (Å²) < 4.78 is 48.3. The molecular formula is C23H24ClF3N2O2S. The Balaban J connectivity index is 1.79. The molecule has 2 unspecified atom stereocenters. The van der Waals surface area contributed by atoms with Crippen LogP contribution in [-0.4, -0.2) is 39.2 Å². The number of nitrogens with zero attached hydrogens (tertiary/aromatic N) is 2. The van der Waals surface area contributed by atoms with E-state index in [4.69, 9.17) is 16.3 Å². The maximum atomic E-state index is 14.2. The Kier molecular flexibility index (Phi) is 6.24. The lowest BCUT2D eigenvalue weighted by Gasteiger charge is -2.40. The van der Waals surface area contributed by atoms with E-state index in [1.807, 2.05) is 6.07 Å². The van der Waals surface area contributed by atoms with Crippen LogP contribution in [0.4, 0.5) is 13.2 Å². The van der Waals surface area contributed by atoms with Crippen LogP contribution in [0.25, 0.3) is 11.1 Å². The number of thioether (sulfide) groups is 1. The highest BCUT2D eigenvalue weighted by molar-refractivity contribution is 8.02. The third kappa shape index (κ3) is 4.37. The number of alkyl halides is 3. The molecule has 0 amide bonds. The average molecular weight is 485 g/mol. The molecule has 2 aliphatic heterocycles. The molecule has 1 aromatic heterocycles. The molecule has 2 aromatic rings. The van der Waals surface area contributed by atoms with Crippen molar-refractivity contribution in [1.82, 2.24) is 9.97 Å². The van der Waals surface area contributed by atoms with Gasteiger partial charge in [-0.15, -0.1) is 11.8 Å². The van der Waals surface area contributed by atoms with E-state index in [1.54, 1.807) is 37.7 Å². The van der Waals surface area contributed by atoms with Crippen LogP contribution < -0.4 is 4.74 Å². The zero-order chi connectivity index (χ0) is 23.1. The SMILES string of the molecule is CC(C)(CC(O)(CC1C=CSC1)C(F)(F)F)c1c(Cl)c(-c2cncnc2)cc2c1OCC2. The summed E-state index contributed by atoms with van der Waals surface area (Å²) in [4.78, 5) is 8.08. The van der Waals surface area contributed by atoms with Crippen molar-refractivity contribution in [3.63, 3.8) is 0 Å². The Morgan fingerprint density at radius 2 is 1.97 bits per heavy atom. The van der Waals surface area contributed by atoms with Crippen LogP contribution in [0.2, 0.25) is 5.02 Å². The average Bonchev–Trinajstić information content (AvgIpc) is 3.38. The number of hydrogen-bond donors (Lipinski definition) is 1. The van der Waals surface area contributed by atoms with Gasteiger partial charge in [-0.1, -0.05) is 31.5 Å². The second-order valence-electron chi connectivity index (χ2n) is 9.04. The van der Waals surface area contributed by atoms with E-state index in [0.717, 1.165) is 5.56 Å². The van der Waals surface area contributed by atoms with E-state index in [9.17, 15) is 18.3 Å². The van der Waals surface area contributed by atoms with Crippen molar-refractivity contribution in [2.75, 3.05) is 12.4 Å². The fraction of sp³-hybridized carbons (Fsp3) is 0.478. The largest absolute Gasteiger partial charge is 0.493 e. The fourth-order valence-electron chi connectivity index (χ4n) is 4.63. The van der Waals surface area contributed by atoms with Gasteiger partial charge in [0.2, 0.25) is 0 Å². The highest BCUT2D eigenvalue weighted by atomic mass is 35.5. The maximum Gasteiger partial charge on any atom is 0.417 e. The van der Waals surface area contributed by atoms with Crippen LogP contribution in [0.1, 0.15) is 37.8 Å². The minimum Gasteiger partial charge on any atom is -0.493 e. The van der Waals surface area contributed by atoms with Gasteiger partial charge in [-0.25, -0.2) is 9.97 Å². The topological polar surface area (TPSA) is 55.2 Å². The molecule has 1 aromatic carbocycles. The second-order valence-corrected chi connectivity index (χ2v) is 10.4. The second kappa shape index (κ2) is 8.54. The van der Waals surface area contributed by atoms with E-state index in [0.29, 0.717) is 46.2 Å². The van der Waals surface area contributed by atoms with Gasteiger partial charge in [-0.05, 0) is 41.2 Å². The van der Waals surface area contributed by atoms with Gasteiger partial charge in [0.05, 0.1) is 11.6 Å². The predicted molar refractivity (Wildman–Crippen MR) is 120 cm³/mol. The molecule has 0 radical (unpaired) electrons. The number of halogens is 4. The van der Waals surface area contributed by atoms with Crippen LogP contribution >= 0.6 is 23.4 Å². The molecule has 0 spiro atoms. The maximum absolute atomic E-state index is 14.2. The van der Waals surface area contributed by atoms with Crippen molar-refractivity contribution in [1.29, 1.82) is 0 Å². The summed E-state index contributed by atoms with van der Waals surface area (Å²) >= 11 is 8.27. The van der Waals surface area contributed by atoms with Crippen LogP contribution in [-0.2, 0) is 11.8 Å². The van der Waals surface area contributed by atoms with Gasteiger partial charge in [0.1, 0.15) is 12.1 Å². The van der Waals surface area contributed by atoms with E-state index < -0.39 is 30.0 Å². The molecular weight excluding hydrogens is 461 g/mol. The summed E-state index contributed by atoms with van der Waals surface area (Å²) in [6.07, 6.45) is 1.28. The van der Waals surface area contributed by atoms with Crippen molar-refractivity contribution >= 4 is 23.4 Å². The van der Waals surface area contributed by atoms with Gasteiger partial charge >= 0.3 is 6.18 Å². The summed E-state index contributed by atoms with van der Waals surface area (Å²) in [6.45, 7) is 3.78. The summed E-state index contributed by atoms with van der Waals surface area (Å²) in [6, 6.07) is 1.89. The molecule has 3 heterocycles. The van der Waals surface area contributed by atoms with Crippen LogP contribution in [0.15, 0.2) is 36.3 Å². The number of aliphatic hydroxyl groups is 1. The number of fused-ring (bicyclic) bond motifs is 1. The number of rotatable bonds is 6. The smallest absolute Gasteiger partial charge is 0.417 e. The lowest BCUT2D eigenvalue weighted by molar-refractivity contribution is -0.271. The van der Waals surface area contributed by atoms with Crippen LogP contribution in [0.5, 0.6) is 5.75 Å². The Bertz CT molecular complexity index is 1030. The first kappa shape index (κ1) is 23.4. The first-order chi connectivity index (χ1) is 15.0. The number of ether oxygens (including phenoxy) is 1. The molecule has 9 heteroatoms. The molecule has 0 saturated heterocycles. The lowest BCUT2D eigenvalue weighted by atomic mass is 9.71. The third-order valence-corrected chi connectivity index (χ3v) is 7.44. The summed E-state index contributed by atoms with van der Waals surface area (Å²) in [5.41, 5.74) is -1.32. The molecule has 0 saturated carbocycles. The predicted octanol–water partition coefficient (Wildman–Crippen LogP) is 5.96. The van der Waals surface area contributed by atoms with Gasteiger partial charge < -0.3 is 9.84 Å². The number of hydrogen-bond acceptors (Lipinski definition) is 5. The molecule has 0 aliphatic carbocycles. The Hall–Kier alpha value is -1.77. The monoisotopic (exact) mass is 484 g/mol. The van der Waals surface area contributed by atoms with Crippen molar-refractivity contribution in [3.05, 3.63) is 52.4 Å². The van der Waals surface area contributed by atoms with Gasteiger partial charge in [-0.2, -0.15) is 13.2 Å². The van der Waals surface area contributed by atoms with Gasteiger partial charge in [-0.3, -0.25) is 0 Å². The quantitative estimate of drug-likeness (QED) is 0.548. The van der Waals surface area contributed by atoms with Crippen molar-refractivity contribution < 1.29 is 23.0 Å². The summed E-state index contributed by atoms with van der Waals surface area (Å²) in [5.74, 6) is 0.704. The van der Waals surface area contributed by atoms with Crippen molar-refractivity contribution in [3.8, 4) is 16.9 Å². The first-order valence-corrected chi connectivity index (χ1v) is 11.8. The molecule has 0 bridgehead atoms. The first-order valence-electron chi connectivity index (χ1n) is 10.3. The molecule has 0 fully saturated rings. The zero-order valence-electron chi connectivity index (χ0n) is 17.7. The molecule has 1 N–H and O–H groups in total. The molecule has 4 rings (SSSR count). The minimum atomic E-state index is -4.78. The van der Waals surface area contributed by atoms with Crippen molar-refractivity contribution in [2.45, 2.75) is 50.3 Å². The molecule has 4 nitrogen and oxygen atoms in total. The van der Waals surface area contributed by atoms with E-state index >= 15 is 0 Å². The number of benzene rings is 1. The highest BCUT2D eigenvalue weighted by Gasteiger charge is 2.57. The molecule has 2 atom stereocenters. The number of allylic oxidation sites excluding steroid dienone is 1. The molecule has 2 aliphatic rings. The summed E-state index contributed by atoms with van der Waals surface area (Å²) in [5, 5.41) is 13.0. The van der Waals surface area contributed by atoms with Gasteiger partial charge in [0.15, 0.2) is 5.60 Å². The van der Waals surface area contributed by atoms with Crippen LogP contribution in [0, 0.1) is 5.92 Å². The van der Waals surface area contributed by atoms with E-state index in [-0.39, 0.29) is 5.92 Å². The van der Waals surface area contributed by atoms with E-state index in [1.165, 1.54) is 18.1 Å².